The molecule has 0 fully saturated rings. The Hall–Kier alpha value is -2.99. The van der Waals surface area contributed by atoms with Gasteiger partial charge < -0.3 is 5.32 Å². The van der Waals surface area contributed by atoms with Crippen LogP contribution in [0, 0.1) is 0 Å². The van der Waals surface area contributed by atoms with E-state index in [0.717, 1.165) is 35.9 Å². The lowest BCUT2D eigenvalue weighted by atomic mass is 9.93. The van der Waals surface area contributed by atoms with E-state index in [1.54, 1.807) is 6.20 Å². The normalized spacial score (nSPS) is 11.3. The van der Waals surface area contributed by atoms with Crippen molar-refractivity contribution in [1.29, 1.82) is 0 Å². The first-order valence-corrected chi connectivity index (χ1v) is 11.3. The topological polar surface area (TPSA) is 76.9 Å². The molecular weight excluding hydrogens is 436 g/mol. The molecule has 7 heteroatoms. The molecule has 3 rings (SSSR count). The average Bonchev–Trinajstić information content (AvgIpc) is 2.78. The molecule has 0 spiro atoms. The molecule has 2 heterocycles. The number of hydrogen-bond acceptors (Lipinski definition) is 4. The highest BCUT2D eigenvalue weighted by Crippen LogP contribution is 2.27. The Morgan fingerprint density at radius 1 is 1.15 bits per heavy atom. The fourth-order valence-corrected chi connectivity index (χ4v) is 3.60. The van der Waals surface area contributed by atoms with Crippen molar-refractivity contribution >= 4 is 35.4 Å². The molecule has 0 aliphatic carbocycles. The first-order valence-electron chi connectivity index (χ1n) is 11.3. The van der Waals surface area contributed by atoms with Gasteiger partial charge in [-0.05, 0) is 59.9 Å². The standard InChI is InChI=1S/C26H32N4O2.ClH/c1-18(2)21-14-22(19(3)4)25-23(15-21)26(32)30(17-29-25)13-10-24(31)28-12-6-5-8-20-9-7-11-27-16-20;/h7,9-11,13-19H,5-6,8,12H2,1-4H3,(H,28,31);1H/b13-10+;. The number of benzene rings is 1. The summed E-state index contributed by atoms with van der Waals surface area (Å²) in [5.41, 5.74) is 3.95. The van der Waals surface area contributed by atoms with Gasteiger partial charge in [0.2, 0.25) is 5.91 Å². The maximum Gasteiger partial charge on any atom is 0.265 e. The first-order chi connectivity index (χ1) is 15.4. The van der Waals surface area contributed by atoms with Gasteiger partial charge in [0.25, 0.3) is 5.56 Å². The highest BCUT2D eigenvalue weighted by Gasteiger charge is 2.14. The smallest absolute Gasteiger partial charge is 0.265 e. The van der Waals surface area contributed by atoms with E-state index >= 15 is 0 Å². The van der Waals surface area contributed by atoms with Gasteiger partial charge >= 0.3 is 0 Å². The molecule has 176 valence electrons. The first kappa shape index (κ1) is 26.3. The maximum absolute atomic E-state index is 13.1. The molecule has 2 aromatic heterocycles. The summed E-state index contributed by atoms with van der Waals surface area (Å²) in [6.45, 7) is 9.02. The molecular formula is C26H33ClN4O2. The summed E-state index contributed by atoms with van der Waals surface area (Å²) < 4.78 is 1.37. The van der Waals surface area contributed by atoms with E-state index < -0.39 is 0 Å². The molecule has 0 unspecified atom stereocenters. The van der Waals surface area contributed by atoms with Crippen LogP contribution in [-0.4, -0.2) is 27.0 Å². The van der Waals surface area contributed by atoms with E-state index in [-0.39, 0.29) is 29.8 Å². The Bertz CT molecular complexity index is 1150. The highest BCUT2D eigenvalue weighted by atomic mass is 35.5. The molecule has 1 N–H and O–H groups in total. The SMILES string of the molecule is CC(C)c1cc(C(C)C)c2ncn(/C=C/C(=O)NCCCCc3cccnc3)c(=O)c2c1.Cl. The van der Waals surface area contributed by atoms with Gasteiger partial charge in [-0.3, -0.25) is 19.1 Å². The van der Waals surface area contributed by atoms with Gasteiger partial charge in [0.05, 0.1) is 10.9 Å². The third-order valence-electron chi connectivity index (χ3n) is 5.53. The number of nitrogens with zero attached hydrogens (tertiary/aromatic N) is 3. The predicted molar refractivity (Wildman–Crippen MR) is 137 cm³/mol. The molecule has 1 amide bonds. The van der Waals surface area contributed by atoms with E-state index in [1.807, 2.05) is 18.3 Å². The van der Waals surface area contributed by atoms with Crippen LogP contribution in [0.1, 0.15) is 69.1 Å². The van der Waals surface area contributed by atoms with Gasteiger partial charge in [0.15, 0.2) is 0 Å². The fraction of sp³-hybridized carbons (Fsp3) is 0.385. The third kappa shape index (κ3) is 6.99. The zero-order chi connectivity index (χ0) is 23.1. The Morgan fingerprint density at radius 3 is 2.61 bits per heavy atom. The quantitative estimate of drug-likeness (QED) is 0.351. The monoisotopic (exact) mass is 468 g/mol. The van der Waals surface area contributed by atoms with Crippen molar-refractivity contribution in [2.75, 3.05) is 6.54 Å². The number of hydrogen-bond donors (Lipinski definition) is 1. The summed E-state index contributed by atoms with van der Waals surface area (Å²) in [5.74, 6) is 0.347. The minimum Gasteiger partial charge on any atom is -0.353 e. The highest BCUT2D eigenvalue weighted by molar-refractivity contribution is 5.90. The number of carbonyl (C=O) groups is 1. The van der Waals surface area contributed by atoms with E-state index in [4.69, 9.17) is 0 Å². The van der Waals surface area contributed by atoms with Crippen molar-refractivity contribution in [2.24, 2.45) is 0 Å². The molecule has 0 saturated heterocycles. The summed E-state index contributed by atoms with van der Waals surface area (Å²) in [6, 6.07) is 8.05. The fourth-order valence-electron chi connectivity index (χ4n) is 3.60. The molecule has 0 bridgehead atoms. The van der Waals surface area contributed by atoms with Gasteiger partial charge in [-0.15, -0.1) is 12.4 Å². The Kier molecular flexibility index (Phi) is 9.79. The van der Waals surface area contributed by atoms with Crippen LogP contribution in [0.15, 0.2) is 53.9 Å². The Morgan fingerprint density at radius 2 is 1.94 bits per heavy atom. The summed E-state index contributed by atoms with van der Waals surface area (Å²) in [5, 5.41) is 3.45. The molecule has 0 aliphatic heterocycles. The maximum atomic E-state index is 13.1. The zero-order valence-electron chi connectivity index (χ0n) is 19.7. The zero-order valence-corrected chi connectivity index (χ0v) is 20.6. The third-order valence-corrected chi connectivity index (χ3v) is 5.53. The van der Waals surface area contributed by atoms with Crippen LogP contribution in [-0.2, 0) is 11.2 Å². The van der Waals surface area contributed by atoms with Crippen molar-refractivity contribution in [1.82, 2.24) is 19.9 Å². The van der Waals surface area contributed by atoms with Gasteiger partial charge in [-0.1, -0.05) is 39.8 Å². The molecule has 0 saturated carbocycles. The Balaban J connectivity index is 0.00000385. The van der Waals surface area contributed by atoms with E-state index in [1.165, 1.54) is 28.7 Å². The summed E-state index contributed by atoms with van der Waals surface area (Å²) in [4.78, 5) is 33.9. The number of halogens is 1. The number of rotatable bonds is 9. The van der Waals surface area contributed by atoms with Crippen LogP contribution in [0.25, 0.3) is 17.1 Å². The van der Waals surface area contributed by atoms with Crippen LogP contribution in [0.2, 0.25) is 0 Å². The molecule has 6 nitrogen and oxygen atoms in total. The number of pyridine rings is 1. The minimum absolute atomic E-state index is 0. The second-order valence-corrected chi connectivity index (χ2v) is 8.70. The van der Waals surface area contributed by atoms with Crippen LogP contribution < -0.4 is 10.9 Å². The van der Waals surface area contributed by atoms with Crippen LogP contribution in [0.3, 0.4) is 0 Å². The number of aromatic nitrogens is 3. The van der Waals surface area contributed by atoms with Gasteiger partial charge in [-0.25, -0.2) is 4.98 Å². The molecule has 0 radical (unpaired) electrons. The molecule has 0 aliphatic rings. The average molecular weight is 469 g/mol. The van der Waals surface area contributed by atoms with Crippen molar-refractivity contribution in [3.8, 4) is 0 Å². The number of unbranched alkanes of at least 4 members (excludes halogenated alkanes) is 1. The number of fused-ring (bicyclic) bond motifs is 1. The second kappa shape index (κ2) is 12.3. The van der Waals surface area contributed by atoms with Crippen molar-refractivity contribution in [2.45, 2.75) is 58.8 Å². The lowest BCUT2D eigenvalue weighted by Gasteiger charge is -2.14. The lowest BCUT2D eigenvalue weighted by Crippen LogP contribution is -2.23. The second-order valence-electron chi connectivity index (χ2n) is 8.70. The van der Waals surface area contributed by atoms with Gasteiger partial charge in [0.1, 0.15) is 6.33 Å². The summed E-state index contributed by atoms with van der Waals surface area (Å²) in [7, 11) is 0. The number of nitrogens with one attached hydrogen (secondary N) is 1. The van der Waals surface area contributed by atoms with Gasteiger partial charge in [-0.2, -0.15) is 0 Å². The van der Waals surface area contributed by atoms with Crippen LogP contribution in [0.4, 0.5) is 0 Å². The largest absolute Gasteiger partial charge is 0.353 e. The summed E-state index contributed by atoms with van der Waals surface area (Å²) in [6.07, 6.45) is 10.8. The van der Waals surface area contributed by atoms with E-state index in [0.29, 0.717) is 17.8 Å². The van der Waals surface area contributed by atoms with Crippen LogP contribution >= 0.6 is 12.4 Å². The van der Waals surface area contributed by atoms with Crippen molar-refractivity contribution in [3.63, 3.8) is 0 Å². The number of aryl methyl sites for hydroxylation is 1. The van der Waals surface area contributed by atoms with Crippen molar-refractivity contribution < 1.29 is 4.79 Å². The lowest BCUT2D eigenvalue weighted by molar-refractivity contribution is -0.116. The minimum atomic E-state index is -0.225. The molecule has 3 aromatic rings. The summed E-state index contributed by atoms with van der Waals surface area (Å²) >= 11 is 0. The molecule has 33 heavy (non-hydrogen) atoms. The predicted octanol–water partition coefficient (Wildman–Crippen LogP) is 5.07. The number of carbonyl (C=O) groups excluding carboxylic acids is 1. The van der Waals surface area contributed by atoms with E-state index in [9.17, 15) is 9.59 Å². The van der Waals surface area contributed by atoms with Crippen LogP contribution in [0.5, 0.6) is 0 Å². The molecule has 0 atom stereocenters. The Labute approximate surface area is 201 Å². The van der Waals surface area contributed by atoms with Crippen molar-refractivity contribution in [3.05, 3.63) is 76.1 Å². The molecule has 1 aromatic carbocycles. The number of amides is 1. The van der Waals surface area contributed by atoms with E-state index in [2.05, 4.69) is 55.1 Å². The van der Waals surface area contributed by atoms with Gasteiger partial charge in [0, 0.05) is 31.2 Å².